The fourth-order valence-electron chi connectivity index (χ4n) is 4.66. The van der Waals surface area contributed by atoms with E-state index in [-0.39, 0.29) is 5.37 Å². The molecule has 2 heterocycles. The van der Waals surface area contributed by atoms with Gasteiger partial charge in [-0.15, -0.1) is 0 Å². The lowest BCUT2D eigenvalue weighted by atomic mass is 10.1. The monoisotopic (exact) mass is 527 g/mol. The van der Waals surface area contributed by atoms with Crippen molar-refractivity contribution in [3.8, 4) is 0 Å². The third-order valence-corrected chi connectivity index (χ3v) is 9.30. The van der Waals surface area contributed by atoms with Crippen molar-refractivity contribution in [1.82, 2.24) is 4.90 Å². The molecule has 5 rings (SSSR count). The Labute approximate surface area is 220 Å². The summed E-state index contributed by atoms with van der Waals surface area (Å²) in [6.07, 6.45) is 11.3. The topological polar surface area (TPSA) is 9.72 Å². The van der Waals surface area contributed by atoms with Crippen molar-refractivity contribution in [1.29, 1.82) is 0 Å². The van der Waals surface area contributed by atoms with Gasteiger partial charge in [-0.1, -0.05) is 65.0 Å². The van der Waals surface area contributed by atoms with Crippen molar-refractivity contribution >= 4 is 58.1 Å². The Kier molecular flexibility index (Phi) is 6.73. The van der Waals surface area contributed by atoms with E-state index in [1.165, 1.54) is 43.0 Å². The number of allylic oxidation sites excluding steroid dienone is 5. The SMILES string of the molecule is CN(C)C1=C(/C=C/C2Sc3cc(Cl)ccc3N2C)CC/C1=C\C=C1/Sc2cc(Cl)ccc2N1C. The second kappa shape index (κ2) is 9.62. The Bertz CT molecular complexity index is 1260. The van der Waals surface area contributed by atoms with Gasteiger partial charge in [0.1, 0.15) is 0 Å². The molecule has 1 atom stereocenters. The van der Waals surface area contributed by atoms with Gasteiger partial charge in [0.25, 0.3) is 0 Å². The summed E-state index contributed by atoms with van der Waals surface area (Å²) in [7, 11) is 8.54. The number of likely N-dealkylation sites (N-methyl/N-ethyl adjacent to an activating group) is 2. The minimum absolute atomic E-state index is 0.272. The summed E-state index contributed by atoms with van der Waals surface area (Å²) in [5.74, 6) is 0. The maximum absolute atomic E-state index is 6.20. The van der Waals surface area contributed by atoms with Crippen molar-refractivity contribution in [2.45, 2.75) is 28.0 Å². The van der Waals surface area contributed by atoms with E-state index in [4.69, 9.17) is 23.2 Å². The standard InChI is InChI=1S/C27H27Cl2N3S2/c1-30(2)27-17(7-13-25-31(3)21-11-9-19(28)15-23(21)33-25)5-6-18(27)8-14-26-32(4)22-12-10-20(29)16-24(22)34-26/h7-16,25H,5-6H2,1-4H3/b13-7+,18-8+,26-14-. The highest BCUT2D eigenvalue weighted by atomic mass is 35.5. The molecule has 0 fully saturated rings. The van der Waals surface area contributed by atoms with Gasteiger partial charge in [-0.25, -0.2) is 0 Å². The number of thioether (sulfide) groups is 2. The molecule has 0 saturated carbocycles. The minimum Gasteiger partial charge on any atom is -0.377 e. The first kappa shape index (κ1) is 23.8. The largest absolute Gasteiger partial charge is 0.377 e. The molecule has 7 heteroatoms. The van der Waals surface area contributed by atoms with E-state index in [1.54, 1.807) is 11.8 Å². The fourth-order valence-corrected chi connectivity index (χ4v) is 7.44. The molecule has 0 saturated heterocycles. The second-order valence-corrected chi connectivity index (χ2v) is 11.9. The highest BCUT2D eigenvalue weighted by Crippen LogP contribution is 2.47. The first-order valence-electron chi connectivity index (χ1n) is 11.2. The Morgan fingerprint density at radius 2 is 1.65 bits per heavy atom. The van der Waals surface area contributed by atoms with Crippen molar-refractivity contribution in [2.24, 2.45) is 0 Å². The zero-order valence-electron chi connectivity index (χ0n) is 19.7. The van der Waals surface area contributed by atoms with Gasteiger partial charge in [0.2, 0.25) is 0 Å². The molecule has 0 N–H and O–H groups in total. The number of nitrogens with zero attached hydrogens (tertiary/aromatic N) is 3. The van der Waals surface area contributed by atoms with Crippen LogP contribution >= 0.6 is 46.7 Å². The predicted octanol–water partition coefficient (Wildman–Crippen LogP) is 8.04. The maximum atomic E-state index is 6.20. The van der Waals surface area contributed by atoms with Gasteiger partial charge in [0, 0.05) is 53.7 Å². The summed E-state index contributed by atoms with van der Waals surface area (Å²) < 4.78 is 0. The number of hydrogen-bond acceptors (Lipinski definition) is 5. The summed E-state index contributed by atoms with van der Waals surface area (Å²) in [6.45, 7) is 0. The average molecular weight is 529 g/mol. The summed E-state index contributed by atoms with van der Waals surface area (Å²) in [6, 6.07) is 12.2. The molecule has 0 aromatic heterocycles. The van der Waals surface area contributed by atoms with Crippen LogP contribution in [0.1, 0.15) is 12.8 Å². The van der Waals surface area contributed by atoms with Crippen LogP contribution in [0, 0.1) is 0 Å². The van der Waals surface area contributed by atoms with Crippen molar-refractivity contribution in [3.05, 3.63) is 92.6 Å². The highest BCUT2D eigenvalue weighted by molar-refractivity contribution is 8.03. The van der Waals surface area contributed by atoms with Crippen molar-refractivity contribution in [2.75, 3.05) is 38.0 Å². The molecular formula is C27H27Cl2N3S2. The van der Waals surface area contributed by atoms with Crippen LogP contribution in [0.4, 0.5) is 11.4 Å². The third-order valence-electron chi connectivity index (χ3n) is 6.37. The first-order chi connectivity index (χ1) is 16.3. The Morgan fingerprint density at radius 1 is 0.941 bits per heavy atom. The van der Waals surface area contributed by atoms with Gasteiger partial charge in [0.05, 0.1) is 21.8 Å². The highest BCUT2D eigenvalue weighted by Gasteiger charge is 2.27. The number of benzene rings is 2. The first-order valence-corrected chi connectivity index (χ1v) is 13.7. The number of anilines is 2. The van der Waals surface area contributed by atoms with Gasteiger partial charge in [0.15, 0.2) is 0 Å². The van der Waals surface area contributed by atoms with Gasteiger partial charge >= 0.3 is 0 Å². The molecule has 1 aliphatic carbocycles. The molecule has 3 nitrogen and oxygen atoms in total. The third kappa shape index (κ3) is 4.51. The molecule has 0 amide bonds. The van der Waals surface area contributed by atoms with Gasteiger partial charge < -0.3 is 14.7 Å². The van der Waals surface area contributed by atoms with Gasteiger partial charge in [-0.05, 0) is 66.5 Å². The molecule has 3 aliphatic rings. The molecule has 0 radical (unpaired) electrons. The number of halogens is 2. The number of fused-ring (bicyclic) bond motifs is 2. The Morgan fingerprint density at radius 3 is 2.38 bits per heavy atom. The molecule has 2 aromatic carbocycles. The smallest absolute Gasteiger partial charge is 0.0983 e. The maximum Gasteiger partial charge on any atom is 0.0983 e. The lowest BCUT2D eigenvalue weighted by molar-refractivity contribution is 0.521. The summed E-state index contributed by atoms with van der Waals surface area (Å²) in [5.41, 5.74) is 6.54. The van der Waals surface area contributed by atoms with Crippen LogP contribution < -0.4 is 9.80 Å². The van der Waals surface area contributed by atoms with E-state index < -0.39 is 0 Å². The van der Waals surface area contributed by atoms with E-state index >= 15 is 0 Å². The lowest BCUT2D eigenvalue weighted by Gasteiger charge is -2.19. The molecule has 34 heavy (non-hydrogen) atoms. The second-order valence-electron chi connectivity index (χ2n) is 8.83. The zero-order chi connectivity index (χ0) is 24.0. The predicted molar refractivity (Wildman–Crippen MR) is 150 cm³/mol. The summed E-state index contributed by atoms with van der Waals surface area (Å²) in [4.78, 5) is 9.25. The summed E-state index contributed by atoms with van der Waals surface area (Å²) in [5, 5.41) is 3.06. The Balaban J connectivity index is 1.37. The zero-order valence-corrected chi connectivity index (χ0v) is 22.8. The fraction of sp³-hybridized carbons (Fsp3) is 0.259. The van der Waals surface area contributed by atoms with E-state index in [2.05, 4.69) is 85.4 Å². The van der Waals surface area contributed by atoms with Crippen LogP contribution in [0.3, 0.4) is 0 Å². The number of hydrogen-bond donors (Lipinski definition) is 0. The van der Waals surface area contributed by atoms with Crippen molar-refractivity contribution in [3.63, 3.8) is 0 Å². The van der Waals surface area contributed by atoms with Gasteiger partial charge in [-0.2, -0.15) is 0 Å². The van der Waals surface area contributed by atoms with Crippen LogP contribution in [0.5, 0.6) is 0 Å². The van der Waals surface area contributed by atoms with E-state index in [9.17, 15) is 0 Å². The van der Waals surface area contributed by atoms with Crippen molar-refractivity contribution < 1.29 is 0 Å². The van der Waals surface area contributed by atoms with E-state index in [1.807, 2.05) is 30.0 Å². The van der Waals surface area contributed by atoms with Crippen LogP contribution in [0.25, 0.3) is 0 Å². The Hall–Kier alpha value is -1.92. The van der Waals surface area contributed by atoms with Crippen LogP contribution in [0.2, 0.25) is 10.0 Å². The van der Waals surface area contributed by atoms with E-state index in [0.717, 1.165) is 22.9 Å². The molecule has 0 bridgehead atoms. The molecule has 1 unspecified atom stereocenters. The number of rotatable bonds is 4. The molecule has 2 aromatic rings. The van der Waals surface area contributed by atoms with Crippen LogP contribution in [-0.4, -0.2) is 38.5 Å². The molecule has 0 spiro atoms. The van der Waals surface area contributed by atoms with Crippen LogP contribution in [0.15, 0.2) is 92.4 Å². The molecule has 2 aliphatic heterocycles. The van der Waals surface area contributed by atoms with Gasteiger partial charge in [-0.3, -0.25) is 0 Å². The molecule has 176 valence electrons. The average Bonchev–Trinajstić information content (AvgIpc) is 3.44. The normalized spacial score (nSPS) is 22.0. The summed E-state index contributed by atoms with van der Waals surface area (Å²) >= 11 is 16.0. The minimum atomic E-state index is 0.272. The lowest BCUT2D eigenvalue weighted by Crippen LogP contribution is -2.22. The van der Waals surface area contributed by atoms with Crippen LogP contribution in [-0.2, 0) is 0 Å². The quantitative estimate of drug-likeness (QED) is 0.396. The molecular weight excluding hydrogens is 501 g/mol. The van der Waals surface area contributed by atoms with E-state index in [0.29, 0.717) is 0 Å².